The van der Waals surface area contributed by atoms with E-state index >= 15 is 0 Å². The van der Waals surface area contributed by atoms with E-state index in [2.05, 4.69) is 9.82 Å². The van der Waals surface area contributed by atoms with Gasteiger partial charge in [0.2, 0.25) is 10.0 Å². The highest BCUT2D eigenvalue weighted by atomic mass is 32.2. The van der Waals surface area contributed by atoms with Crippen LogP contribution in [0.15, 0.2) is 52.9 Å². The second-order valence-corrected chi connectivity index (χ2v) is 8.18. The van der Waals surface area contributed by atoms with E-state index in [0.717, 1.165) is 16.2 Å². The van der Waals surface area contributed by atoms with Crippen molar-refractivity contribution in [2.45, 2.75) is 11.3 Å². The van der Waals surface area contributed by atoms with Crippen LogP contribution in [0.25, 0.3) is 10.6 Å². The van der Waals surface area contributed by atoms with Gasteiger partial charge in [-0.25, -0.2) is 13.1 Å². The predicted molar refractivity (Wildman–Crippen MR) is 98.4 cm³/mol. The topological polar surface area (TPSA) is 73.2 Å². The summed E-state index contributed by atoms with van der Waals surface area (Å²) in [5.41, 5.74) is 1.48. The molecule has 1 aromatic carbocycles. The lowest BCUT2D eigenvalue weighted by molar-refractivity contribution is 0.414. The summed E-state index contributed by atoms with van der Waals surface area (Å²) < 4.78 is 34.7. The average molecular weight is 377 g/mol. The lowest BCUT2D eigenvalue weighted by Gasteiger charge is -2.07. The Bertz CT molecular complexity index is 947. The van der Waals surface area contributed by atoms with Crippen molar-refractivity contribution in [3.05, 3.63) is 53.5 Å². The van der Waals surface area contributed by atoms with Gasteiger partial charge in [-0.3, -0.25) is 4.68 Å². The lowest BCUT2D eigenvalue weighted by Crippen LogP contribution is -2.26. The molecule has 1 N–H and O–H groups in total. The minimum atomic E-state index is -3.64. The molecule has 0 saturated carbocycles. The Labute approximate surface area is 151 Å². The predicted octanol–water partition coefficient (Wildman–Crippen LogP) is 2.68. The number of nitrogens with zero attached hydrogens (tertiary/aromatic N) is 2. The van der Waals surface area contributed by atoms with E-state index in [1.54, 1.807) is 14.2 Å². The van der Waals surface area contributed by atoms with Crippen molar-refractivity contribution in [3.63, 3.8) is 0 Å². The Morgan fingerprint density at radius 3 is 2.84 bits per heavy atom. The quantitative estimate of drug-likeness (QED) is 0.687. The van der Waals surface area contributed by atoms with Gasteiger partial charge in [0, 0.05) is 19.8 Å². The molecule has 3 rings (SSSR count). The molecule has 6 nitrogen and oxygen atoms in total. The minimum absolute atomic E-state index is 0.197. The van der Waals surface area contributed by atoms with Crippen LogP contribution in [0.5, 0.6) is 5.75 Å². The van der Waals surface area contributed by atoms with Crippen LogP contribution < -0.4 is 9.46 Å². The van der Waals surface area contributed by atoms with E-state index < -0.39 is 10.0 Å². The summed E-state index contributed by atoms with van der Waals surface area (Å²) in [5.74, 6) is 0.757. The third-order valence-electron chi connectivity index (χ3n) is 3.68. The number of methoxy groups -OCH3 is 1. The number of nitrogens with one attached hydrogen (secondary N) is 1. The third kappa shape index (κ3) is 4.09. The van der Waals surface area contributed by atoms with E-state index in [1.807, 2.05) is 41.8 Å². The number of aromatic nitrogens is 2. The maximum Gasteiger partial charge on any atom is 0.244 e. The average Bonchev–Trinajstić information content (AvgIpc) is 3.24. The fourth-order valence-corrected chi connectivity index (χ4v) is 4.49. The SMILES string of the molecule is COc1cccc(CCNS(=O)(=O)c2cn(C)nc2-c2cccs2)c1. The van der Waals surface area contributed by atoms with Gasteiger partial charge < -0.3 is 4.74 Å². The molecule has 0 aliphatic heterocycles. The molecule has 2 heterocycles. The Kier molecular flexibility index (Phi) is 5.22. The molecule has 0 saturated heterocycles. The van der Waals surface area contributed by atoms with E-state index in [-0.39, 0.29) is 4.90 Å². The van der Waals surface area contributed by atoms with Gasteiger partial charge in [0.05, 0.1) is 12.0 Å². The molecule has 0 bridgehead atoms. The Hall–Kier alpha value is -2.16. The Balaban J connectivity index is 1.74. The van der Waals surface area contributed by atoms with Crippen molar-refractivity contribution in [1.29, 1.82) is 0 Å². The summed E-state index contributed by atoms with van der Waals surface area (Å²) in [6.45, 7) is 0.300. The minimum Gasteiger partial charge on any atom is -0.497 e. The number of hydrogen-bond acceptors (Lipinski definition) is 5. The molecule has 0 radical (unpaired) electrons. The van der Waals surface area contributed by atoms with E-state index in [9.17, 15) is 8.42 Å². The number of ether oxygens (including phenoxy) is 1. The van der Waals surface area contributed by atoms with Crippen LogP contribution in [0.3, 0.4) is 0 Å². The van der Waals surface area contributed by atoms with Gasteiger partial charge >= 0.3 is 0 Å². The largest absolute Gasteiger partial charge is 0.497 e. The molecule has 0 unspecified atom stereocenters. The number of thiophene rings is 1. The van der Waals surface area contributed by atoms with Crippen molar-refractivity contribution in [2.75, 3.05) is 13.7 Å². The maximum atomic E-state index is 12.7. The number of rotatable bonds is 7. The summed E-state index contributed by atoms with van der Waals surface area (Å²) in [6, 6.07) is 11.3. The molecule has 8 heteroatoms. The summed E-state index contributed by atoms with van der Waals surface area (Å²) in [5, 5.41) is 6.20. The molecule has 0 atom stereocenters. The fourth-order valence-electron chi connectivity index (χ4n) is 2.48. The highest BCUT2D eigenvalue weighted by Gasteiger charge is 2.23. The van der Waals surface area contributed by atoms with Crippen LogP contribution in [0.2, 0.25) is 0 Å². The second kappa shape index (κ2) is 7.38. The van der Waals surface area contributed by atoms with Crippen LogP contribution in [0, 0.1) is 0 Å². The molecular formula is C17H19N3O3S2. The summed E-state index contributed by atoms with van der Waals surface area (Å²) in [7, 11) is -0.318. The molecule has 0 spiro atoms. The highest BCUT2D eigenvalue weighted by molar-refractivity contribution is 7.89. The van der Waals surface area contributed by atoms with Crippen LogP contribution in [0.4, 0.5) is 0 Å². The molecule has 3 aromatic rings. The molecule has 0 aliphatic carbocycles. The number of aryl methyl sites for hydroxylation is 1. The monoisotopic (exact) mass is 377 g/mol. The van der Waals surface area contributed by atoms with E-state index in [0.29, 0.717) is 18.7 Å². The van der Waals surface area contributed by atoms with Gasteiger partial charge in [-0.1, -0.05) is 18.2 Å². The smallest absolute Gasteiger partial charge is 0.244 e. The number of hydrogen-bond donors (Lipinski definition) is 1. The summed E-state index contributed by atoms with van der Waals surface area (Å²) in [4.78, 5) is 1.02. The van der Waals surface area contributed by atoms with Gasteiger partial charge in [0.15, 0.2) is 0 Å². The number of sulfonamides is 1. The van der Waals surface area contributed by atoms with Gasteiger partial charge in [-0.05, 0) is 35.6 Å². The van der Waals surface area contributed by atoms with Crippen molar-refractivity contribution in [1.82, 2.24) is 14.5 Å². The molecule has 2 aromatic heterocycles. The van der Waals surface area contributed by atoms with E-state index in [4.69, 9.17) is 4.74 Å². The Morgan fingerprint density at radius 2 is 2.12 bits per heavy atom. The number of benzene rings is 1. The standard InChI is InChI=1S/C17H19N3O3S2/c1-20-12-16(17(19-20)15-7-4-10-24-15)25(21,22)18-9-8-13-5-3-6-14(11-13)23-2/h3-7,10-12,18H,8-9H2,1-2H3. The molecule has 0 aliphatic rings. The van der Waals surface area contributed by atoms with Crippen molar-refractivity contribution < 1.29 is 13.2 Å². The zero-order valence-electron chi connectivity index (χ0n) is 14.0. The summed E-state index contributed by atoms with van der Waals surface area (Å²) >= 11 is 1.46. The first-order valence-electron chi connectivity index (χ1n) is 7.70. The van der Waals surface area contributed by atoms with Crippen molar-refractivity contribution >= 4 is 21.4 Å². The van der Waals surface area contributed by atoms with Gasteiger partial charge in [-0.2, -0.15) is 5.10 Å². The van der Waals surface area contributed by atoms with Crippen LogP contribution in [-0.2, 0) is 23.5 Å². The van der Waals surface area contributed by atoms with Crippen LogP contribution >= 0.6 is 11.3 Å². The first kappa shape index (κ1) is 17.7. The third-order valence-corrected chi connectivity index (χ3v) is 6.02. The molecule has 0 amide bonds. The zero-order valence-corrected chi connectivity index (χ0v) is 15.6. The van der Waals surface area contributed by atoms with Gasteiger partial charge in [-0.15, -0.1) is 11.3 Å². The lowest BCUT2D eigenvalue weighted by atomic mass is 10.1. The highest BCUT2D eigenvalue weighted by Crippen LogP contribution is 2.29. The Morgan fingerprint density at radius 1 is 1.28 bits per heavy atom. The second-order valence-electron chi connectivity index (χ2n) is 5.49. The van der Waals surface area contributed by atoms with Crippen LogP contribution in [-0.4, -0.2) is 31.9 Å². The molecule has 132 valence electrons. The van der Waals surface area contributed by atoms with E-state index in [1.165, 1.54) is 22.2 Å². The normalized spacial score (nSPS) is 11.6. The molecule has 25 heavy (non-hydrogen) atoms. The molecular weight excluding hydrogens is 358 g/mol. The molecule has 0 fully saturated rings. The summed E-state index contributed by atoms with van der Waals surface area (Å²) in [6.07, 6.45) is 2.11. The van der Waals surface area contributed by atoms with Gasteiger partial charge in [0.1, 0.15) is 16.3 Å². The van der Waals surface area contributed by atoms with Crippen molar-refractivity contribution in [2.24, 2.45) is 7.05 Å². The zero-order chi connectivity index (χ0) is 17.9. The fraction of sp³-hybridized carbons (Fsp3) is 0.235. The first-order chi connectivity index (χ1) is 12.0. The maximum absolute atomic E-state index is 12.7. The van der Waals surface area contributed by atoms with Gasteiger partial charge in [0.25, 0.3) is 0 Å². The first-order valence-corrected chi connectivity index (χ1v) is 10.1. The van der Waals surface area contributed by atoms with Crippen molar-refractivity contribution in [3.8, 4) is 16.3 Å². The van der Waals surface area contributed by atoms with Crippen LogP contribution in [0.1, 0.15) is 5.56 Å².